The second kappa shape index (κ2) is 10.7. The van der Waals surface area contributed by atoms with Crippen LogP contribution in [0.25, 0.3) is 11.1 Å². The third kappa shape index (κ3) is 6.80. The Hall–Kier alpha value is -2.40. The van der Waals surface area contributed by atoms with Crippen LogP contribution in [0.4, 0.5) is 4.39 Å². The number of hydrogen-bond acceptors (Lipinski definition) is 3. The number of carbonyl (C=O) groups is 1. The predicted molar refractivity (Wildman–Crippen MR) is 131 cm³/mol. The number of piperidine rings is 2. The van der Waals surface area contributed by atoms with Gasteiger partial charge in [0.2, 0.25) is 0 Å². The molecule has 0 bridgehead atoms. The average molecular weight is 453 g/mol. The van der Waals surface area contributed by atoms with Crippen LogP contribution in [0.1, 0.15) is 56.3 Å². The third-order valence-electron chi connectivity index (χ3n) is 6.76. The first-order chi connectivity index (χ1) is 15.9. The normalized spacial score (nSPS) is 18.3. The van der Waals surface area contributed by atoms with Gasteiger partial charge in [-0.1, -0.05) is 24.3 Å². The van der Waals surface area contributed by atoms with E-state index in [1.807, 2.05) is 41.3 Å². The largest absolute Gasteiger partial charge is 0.493 e. The summed E-state index contributed by atoms with van der Waals surface area (Å²) >= 11 is 0. The van der Waals surface area contributed by atoms with Crippen LogP contribution < -0.4 is 4.74 Å². The van der Waals surface area contributed by atoms with Crippen molar-refractivity contribution in [2.45, 2.75) is 51.6 Å². The number of rotatable bonds is 7. The molecule has 0 radical (unpaired) electrons. The highest BCUT2D eigenvalue weighted by molar-refractivity contribution is 5.94. The molecule has 0 saturated carbocycles. The molecule has 5 heteroatoms. The van der Waals surface area contributed by atoms with Gasteiger partial charge in [-0.3, -0.25) is 4.79 Å². The Balaban J connectivity index is 1.26. The lowest BCUT2D eigenvalue weighted by Crippen LogP contribution is -2.41. The van der Waals surface area contributed by atoms with Gasteiger partial charge in [0.1, 0.15) is 11.4 Å². The molecule has 2 aliphatic heterocycles. The highest BCUT2D eigenvalue weighted by atomic mass is 19.1. The van der Waals surface area contributed by atoms with Crippen molar-refractivity contribution in [3.05, 3.63) is 54.1 Å². The van der Waals surface area contributed by atoms with Gasteiger partial charge in [-0.15, -0.1) is 0 Å². The van der Waals surface area contributed by atoms with Crippen LogP contribution in [0, 0.1) is 5.92 Å². The number of ether oxygens (including phenoxy) is 1. The Bertz CT molecular complexity index is 891. The molecule has 4 nitrogen and oxygen atoms in total. The Kier molecular flexibility index (Phi) is 7.69. The lowest BCUT2D eigenvalue weighted by molar-refractivity contribution is 0.0724. The van der Waals surface area contributed by atoms with Crippen LogP contribution in [0.3, 0.4) is 0 Å². The van der Waals surface area contributed by atoms with E-state index in [0.29, 0.717) is 19.1 Å². The van der Waals surface area contributed by atoms with Crippen molar-refractivity contribution in [2.24, 2.45) is 5.92 Å². The third-order valence-corrected chi connectivity index (χ3v) is 6.76. The smallest absolute Gasteiger partial charge is 0.253 e. The van der Waals surface area contributed by atoms with Crippen molar-refractivity contribution in [3.63, 3.8) is 0 Å². The zero-order valence-corrected chi connectivity index (χ0v) is 20.1. The van der Waals surface area contributed by atoms with Gasteiger partial charge in [-0.25, -0.2) is 4.39 Å². The fraction of sp³-hybridized carbons (Fsp3) is 0.536. The quantitative estimate of drug-likeness (QED) is 0.531. The molecular weight excluding hydrogens is 415 g/mol. The molecule has 4 rings (SSSR count). The minimum atomic E-state index is -1.13. The monoisotopic (exact) mass is 452 g/mol. The average Bonchev–Trinajstić information content (AvgIpc) is 2.83. The van der Waals surface area contributed by atoms with E-state index in [9.17, 15) is 9.18 Å². The Labute approximate surface area is 197 Å². The fourth-order valence-corrected chi connectivity index (χ4v) is 4.89. The number of likely N-dealkylation sites (tertiary alicyclic amines) is 2. The van der Waals surface area contributed by atoms with Crippen molar-refractivity contribution in [3.8, 4) is 16.9 Å². The molecule has 0 aliphatic carbocycles. The topological polar surface area (TPSA) is 32.8 Å². The SMILES string of the molecule is CC(C)(F)CN1CCC(COc2ccc(-c3ccc(C(=O)N4CCCCC4)cc3)cc2)CC1. The maximum Gasteiger partial charge on any atom is 0.253 e. The second-order valence-electron chi connectivity index (χ2n) is 10.2. The maximum absolute atomic E-state index is 13.8. The van der Waals surface area contributed by atoms with Gasteiger partial charge in [-0.2, -0.15) is 0 Å². The highest BCUT2D eigenvalue weighted by Crippen LogP contribution is 2.25. The predicted octanol–water partition coefficient (Wildman–Crippen LogP) is 5.82. The van der Waals surface area contributed by atoms with Gasteiger partial charge >= 0.3 is 0 Å². The molecule has 0 atom stereocenters. The first-order valence-corrected chi connectivity index (χ1v) is 12.4. The van der Waals surface area contributed by atoms with Gasteiger partial charge in [0, 0.05) is 25.2 Å². The van der Waals surface area contributed by atoms with Crippen LogP contribution in [0.2, 0.25) is 0 Å². The van der Waals surface area contributed by atoms with Crippen LogP contribution in [0.5, 0.6) is 5.75 Å². The molecule has 0 aromatic heterocycles. The van der Waals surface area contributed by atoms with Crippen molar-refractivity contribution in [1.82, 2.24) is 9.80 Å². The summed E-state index contributed by atoms with van der Waals surface area (Å²) < 4.78 is 19.9. The van der Waals surface area contributed by atoms with Gasteiger partial charge < -0.3 is 14.5 Å². The first kappa shape index (κ1) is 23.7. The standard InChI is InChI=1S/C28H37FN2O2/c1-28(2,29)21-30-18-14-22(15-19-30)20-33-26-12-10-24(11-13-26)23-6-8-25(9-7-23)27(32)31-16-4-3-5-17-31/h6-13,22H,3-5,14-21H2,1-2H3. The van der Waals surface area contributed by atoms with E-state index in [1.165, 1.54) is 6.42 Å². The second-order valence-corrected chi connectivity index (χ2v) is 10.2. The molecule has 2 saturated heterocycles. The van der Waals surface area contributed by atoms with Gasteiger partial charge in [0.25, 0.3) is 5.91 Å². The van der Waals surface area contributed by atoms with Gasteiger partial charge in [0.15, 0.2) is 0 Å². The fourth-order valence-electron chi connectivity index (χ4n) is 4.89. The minimum Gasteiger partial charge on any atom is -0.493 e. The summed E-state index contributed by atoms with van der Waals surface area (Å²) in [6.45, 7) is 8.14. The molecular formula is C28H37FN2O2. The molecule has 2 heterocycles. The van der Waals surface area contributed by atoms with Crippen LogP contribution in [-0.2, 0) is 0 Å². The number of benzene rings is 2. The molecule has 178 valence electrons. The molecule has 0 spiro atoms. The summed E-state index contributed by atoms with van der Waals surface area (Å²) in [4.78, 5) is 16.9. The van der Waals surface area contributed by atoms with Crippen molar-refractivity contribution >= 4 is 5.91 Å². The molecule has 33 heavy (non-hydrogen) atoms. The summed E-state index contributed by atoms with van der Waals surface area (Å²) in [6.07, 6.45) is 5.54. The van der Waals surface area contributed by atoms with Crippen molar-refractivity contribution in [2.75, 3.05) is 39.3 Å². The Morgan fingerprint density at radius 2 is 1.48 bits per heavy atom. The minimum absolute atomic E-state index is 0.143. The zero-order valence-electron chi connectivity index (χ0n) is 20.1. The number of carbonyl (C=O) groups excluding carboxylic acids is 1. The van der Waals surface area contributed by atoms with E-state index in [4.69, 9.17) is 4.74 Å². The highest BCUT2D eigenvalue weighted by Gasteiger charge is 2.25. The van der Waals surface area contributed by atoms with Gasteiger partial charge in [-0.05, 0) is 100 Å². The zero-order chi connectivity index (χ0) is 23.3. The van der Waals surface area contributed by atoms with E-state index in [-0.39, 0.29) is 5.91 Å². The maximum atomic E-state index is 13.8. The van der Waals surface area contributed by atoms with Crippen LogP contribution in [0.15, 0.2) is 48.5 Å². The number of halogens is 1. The number of nitrogens with zero attached hydrogens (tertiary/aromatic N) is 2. The van der Waals surface area contributed by atoms with Crippen molar-refractivity contribution < 1.29 is 13.9 Å². The Morgan fingerprint density at radius 3 is 2.06 bits per heavy atom. The molecule has 0 N–H and O–H groups in total. The molecule has 2 aromatic rings. The van der Waals surface area contributed by atoms with Crippen LogP contribution >= 0.6 is 0 Å². The van der Waals surface area contributed by atoms with E-state index in [1.54, 1.807) is 13.8 Å². The summed E-state index contributed by atoms with van der Waals surface area (Å²) in [5.74, 6) is 1.54. The van der Waals surface area contributed by atoms with E-state index < -0.39 is 5.67 Å². The lowest BCUT2D eigenvalue weighted by atomic mass is 9.97. The summed E-state index contributed by atoms with van der Waals surface area (Å²) in [7, 11) is 0. The number of hydrogen-bond donors (Lipinski definition) is 0. The molecule has 0 unspecified atom stereocenters. The number of amides is 1. The Morgan fingerprint density at radius 1 is 0.909 bits per heavy atom. The lowest BCUT2D eigenvalue weighted by Gasteiger charge is -2.34. The van der Waals surface area contributed by atoms with Crippen LogP contribution in [-0.4, -0.2) is 60.7 Å². The molecule has 1 amide bonds. The van der Waals surface area contributed by atoms with Gasteiger partial charge in [0.05, 0.1) is 6.61 Å². The molecule has 2 aliphatic rings. The van der Waals surface area contributed by atoms with Crippen molar-refractivity contribution in [1.29, 1.82) is 0 Å². The molecule has 2 aromatic carbocycles. The molecule has 2 fully saturated rings. The van der Waals surface area contributed by atoms with E-state index in [0.717, 1.165) is 74.3 Å². The first-order valence-electron chi connectivity index (χ1n) is 12.4. The summed E-state index contributed by atoms with van der Waals surface area (Å²) in [6, 6.07) is 16.1. The number of alkyl halides is 1. The summed E-state index contributed by atoms with van der Waals surface area (Å²) in [5, 5.41) is 0. The van der Waals surface area contributed by atoms with E-state index in [2.05, 4.69) is 17.0 Å². The van der Waals surface area contributed by atoms with E-state index >= 15 is 0 Å². The summed E-state index contributed by atoms with van der Waals surface area (Å²) in [5.41, 5.74) is 1.84.